The first-order valence-corrected chi connectivity index (χ1v) is 6.45. The Bertz CT molecular complexity index is 602. The second kappa shape index (κ2) is 5.35. The summed E-state index contributed by atoms with van der Waals surface area (Å²) in [7, 11) is 0. The van der Waals surface area contributed by atoms with Crippen molar-refractivity contribution < 1.29 is 13.9 Å². The second-order valence-corrected chi connectivity index (χ2v) is 5.49. The minimum absolute atomic E-state index is 0.0312. The first kappa shape index (κ1) is 14.1. The third-order valence-corrected chi connectivity index (χ3v) is 3.36. The van der Waals surface area contributed by atoms with Crippen LogP contribution < -0.4 is 0 Å². The van der Waals surface area contributed by atoms with Gasteiger partial charge in [0.25, 0.3) is 0 Å². The van der Waals surface area contributed by atoms with Crippen LogP contribution in [-0.4, -0.2) is 10.1 Å². The molecular formula is C14H12BrF2NO. The van der Waals surface area contributed by atoms with Crippen LogP contribution in [0.25, 0.3) is 0 Å². The summed E-state index contributed by atoms with van der Waals surface area (Å²) in [5, 5.41) is 10.4. The molecule has 0 saturated heterocycles. The number of nitrogens with zero attached hydrogens (tertiary/aromatic N) is 1. The van der Waals surface area contributed by atoms with Gasteiger partial charge in [-0.1, -0.05) is 15.9 Å². The van der Waals surface area contributed by atoms with Gasteiger partial charge in [-0.2, -0.15) is 0 Å². The van der Waals surface area contributed by atoms with Crippen molar-refractivity contribution in [3.05, 3.63) is 63.9 Å². The van der Waals surface area contributed by atoms with E-state index in [2.05, 4.69) is 20.9 Å². The minimum atomic E-state index is -1.39. The number of rotatable bonds is 3. The number of hydrogen-bond donors (Lipinski definition) is 1. The van der Waals surface area contributed by atoms with Gasteiger partial charge in [0, 0.05) is 22.7 Å². The van der Waals surface area contributed by atoms with Gasteiger partial charge in [0.15, 0.2) is 0 Å². The largest absolute Gasteiger partial charge is 0.385 e. The monoisotopic (exact) mass is 327 g/mol. The average Bonchev–Trinajstić information content (AvgIpc) is 2.33. The molecule has 0 aliphatic rings. The molecule has 2 rings (SSSR count). The molecule has 1 unspecified atom stereocenters. The van der Waals surface area contributed by atoms with Gasteiger partial charge in [-0.05, 0) is 36.8 Å². The molecule has 0 fully saturated rings. The fourth-order valence-electron chi connectivity index (χ4n) is 1.86. The zero-order valence-corrected chi connectivity index (χ0v) is 11.8. The first-order valence-electron chi connectivity index (χ1n) is 5.66. The maximum Gasteiger partial charge on any atom is 0.141 e. The van der Waals surface area contributed by atoms with E-state index < -0.39 is 17.2 Å². The van der Waals surface area contributed by atoms with Gasteiger partial charge in [-0.25, -0.2) is 8.78 Å². The highest BCUT2D eigenvalue weighted by Crippen LogP contribution is 2.27. The van der Waals surface area contributed by atoms with E-state index in [1.807, 2.05) is 0 Å². The predicted molar refractivity (Wildman–Crippen MR) is 71.6 cm³/mol. The molecular weight excluding hydrogens is 316 g/mol. The van der Waals surface area contributed by atoms with Crippen LogP contribution in [0, 0.1) is 11.6 Å². The highest BCUT2D eigenvalue weighted by molar-refractivity contribution is 9.10. The van der Waals surface area contributed by atoms with Crippen molar-refractivity contribution in [3.63, 3.8) is 0 Å². The molecule has 1 atom stereocenters. The van der Waals surface area contributed by atoms with Gasteiger partial charge in [-0.3, -0.25) is 4.98 Å². The summed E-state index contributed by atoms with van der Waals surface area (Å²) < 4.78 is 27.5. The fraction of sp³-hybridized carbons (Fsp3) is 0.214. The normalized spacial score (nSPS) is 14.2. The summed E-state index contributed by atoms with van der Waals surface area (Å²) in [6.45, 7) is 1.50. The van der Waals surface area contributed by atoms with Gasteiger partial charge in [0.2, 0.25) is 0 Å². The van der Waals surface area contributed by atoms with Crippen molar-refractivity contribution >= 4 is 15.9 Å². The number of hydrogen-bond acceptors (Lipinski definition) is 2. The van der Waals surface area contributed by atoms with Gasteiger partial charge >= 0.3 is 0 Å². The first-order chi connectivity index (χ1) is 8.88. The lowest BCUT2D eigenvalue weighted by atomic mass is 9.90. The zero-order valence-electron chi connectivity index (χ0n) is 10.2. The van der Waals surface area contributed by atoms with Crippen molar-refractivity contribution in [2.75, 3.05) is 0 Å². The van der Waals surface area contributed by atoms with E-state index >= 15 is 0 Å². The average molecular weight is 328 g/mol. The van der Waals surface area contributed by atoms with Crippen LogP contribution in [-0.2, 0) is 12.0 Å². The Labute approximate surface area is 118 Å². The minimum Gasteiger partial charge on any atom is -0.385 e. The molecule has 0 saturated carbocycles. The molecule has 0 radical (unpaired) electrons. The Morgan fingerprint density at radius 3 is 2.68 bits per heavy atom. The van der Waals surface area contributed by atoms with Crippen molar-refractivity contribution in [2.45, 2.75) is 18.9 Å². The molecule has 0 aliphatic heterocycles. The lowest BCUT2D eigenvalue weighted by Crippen LogP contribution is -2.25. The SMILES string of the molecule is CC(O)(Cc1cc(Br)ccc1F)c1cncc(F)c1. The third-order valence-electron chi connectivity index (χ3n) is 2.87. The quantitative estimate of drug-likeness (QED) is 0.934. The van der Waals surface area contributed by atoms with Crippen molar-refractivity contribution in [1.29, 1.82) is 0 Å². The van der Waals surface area contributed by atoms with Crippen LogP contribution in [0.1, 0.15) is 18.1 Å². The van der Waals surface area contributed by atoms with E-state index in [9.17, 15) is 13.9 Å². The summed E-state index contributed by atoms with van der Waals surface area (Å²) in [6.07, 6.45) is 2.46. The van der Waals surface area contributed by atoms with Gasteiger partial charge in [0.05, 0.1) is 11.8 Å². The molecule has 1 N–H and O–H groups in total. The Morgan fingerprint density at radius 1 is 1.26 bits per heavy atom. The highest BCUT2D eigenvalue weighted by atomic mass is 79.9. The van der Waals surface area contributed by atoms with Crippen LogP contribution >= 0.6 is 15.9 Å². The lowest BCUT2D eigenvalue weighted by Gasteiger charge is -2.24. The summed E-state index contributed by atoms with van der Waals surface area (Å²) in [5.41, 5.74) is -0.730. The molecule has 1 aromatic heterocycles. The van der Waals surface area contributed by atoms with Gasteiger partial charge in [-0.15, -0.1) is 0 Å². The topological polar surface area (TPSA) is 33.1 Å². The van der Waals surface area contributed by atoms with Crippen LogP contribution in [0.2, 0.25) is 0 Å². The molecule has 0 aliphatic carbocycles. The predicted octanol–water partition coefficient (Wildman–Crippen LogP) is 3.57. The summed E-state index contributed by atoms with van der Waals surface area (Å²) in [5.74, 6) is -0.944. The van der Waals surface area contributed by atoms with E-state index in [1.165, 1.54) is 25.3 Å². The molecule has 2 nitrogen and oxygen atoms in total. The number of benzene rings is 1. The van der Waals surface area contributed by atoms with Crippen LogP contribution in [0.3, 0.4) is 0 Å². The van der Waals surface area contributed by atoms with Gasteiger partial charge in [0.1, 0.15) is 11.6 Å². The standard InChI is InChI=1S/C14H12BrF2NO/c1-14(19,10-5-12(16)8-18-7-10)6-9-4-11(15)2-3-13(9)17/h2-5,7-8,19H,6H2,1H3. The molecule has 0 spiro atoms. The zero-order chi connectivity index (χ0) is 14.0. The number of aromatic nitrogens is 1. The van der Waals surface area contributed by atoms with Crippen molar-refractivity contribution in [2.24, 2.45) is 0 Å². The summed E-state index contributed by atoms with van der Waals surface area (Å²) in [6, 6.07) is 5.69. The van der Waals surface area contributed by atoms with Crippen molar-refractivity contribution in [1.82, 2.24) is 4.98 Å². The maximum absolute atomic E-state index is 13.7. The van der Waals surface area contributed by atoms with E-state index in [0.717, 1.165) is 10.7 Å². The number of aliphatic hydroxyl groups is 1. The summed E-state index contributed by atoms with van der Waals surface area (Å²) in [4.78, 5) is 3.69. The number of pyridine rings is 1. The van der Waals surface area contributed by atoms with Crippen molar-refractivity contribution in [3.8, 4) is 0 Å². The smallest absolute Gasteiger partial charge is 0.141 e. The Morgan fingerprint density at radius 2 is 2.00 bits per heavy atom. The lowest BCUT2D eigenvalue weighted by molar-refractivity contribution is 0.0559. The highest BCUT2D eigenvalue weighted by Gasteiger charge is 2.26. The third kappa shape index (κ3) is 3.36. The van der Waals surface area contributed by atoms with Gasteiger partial charge < -0.3 is 5.11 Å². The Kier molecular flexibility index (Phi) is 3.96. The Balaban J connectivity index is 2.33. The summed E-state index contributed by atoms with van der Waals surface area (Å²) >= 11 is 3.25. The molecule has 0 amide bonds. The molecule has 1 heterocycles. The molecule has 2 aromatic rings. The molecule has 19 heavy (non-hydrogen) atoms. The van der Waals surface area contributed by atoms with Crippen LogP contribution in [0.15, 0.2) is 41.1 Å². The van der Waals surface area contributed by atoms with Crippen LogP contribution in [0.4, 0.5) is 8.78 Å². The molecule has 100 valence electrons. The molecule has 0 bridgehead atoms. The van der Waals surface area contributed by atoms with E-state index in [0.29, 0.717) is 11.1 Å². The fourth-order valence-corrected chi connectivity index (χ4v) is 2.27. The van der Waals surface area contributed by atoms with E-state index in [1.54, 1.807) is 12.1 Å². The van der Waals surface area contributed by atoms with E-state index in [-0.39, 0.29) is 6.42 Å². The second-order valence-electron chi connectivity index (χ2n) is 4.58. The van der Waals surface area contributed by atoms with E-state index in [4.69, 9.17) is 0 Å². The molecule has 5 heteroatoms. The Hall–Kier alpha value is -1.33. The maximum atomic E-state index is 13.7. The van der Waals surface area contributed by atoms with Crippen LogP contribution in [0.5, 0.6) is 0 Å². The molecule has 1 aromatic carbocycles. The number of halogens is 3.